The average Bonchev–Trinajstić information content (AvgIpc) is 3.17. The smallest absolute Gasteiger partial charge is 0.266 e. The lowest BCUT2D eigenvalue weighted by Crippen LogP contribution is -2.42. The number of amides is 1. The summed E-state index contributed by atoms with van der Waals surface area (Å²) in [7, 11) is 0. The van der Waals surface area contributed by atoms with Crippen LogP contribution in [-0.4, -0.2) is 39.6 Å². The Morgan fingerprint density at radius 2 is 2.23 bits per heavy atom. The van der Waals surface area contributed by atoms with Gasteiger partial charge in [0, 0.05) is 23.4 Å². The fourth-order valence-electron chi connectivity index (χ4n) is 4.24. The molecule has 0 aliphatic carbocycles. The zero-order valence-electron chi connectivity index (χ0n) is 13.9. The van der Waals surface area contributed by atoms with E-state index in [1.165, 1.54) is 0 Å². The van der Waals surface area contributed by atoms with Crippen molar-refractivity contribution < 1.29 is 9.90 Å². The summed E-state index contributed by atoms with van der Waals surface area (Å²) in [6.45, 7) is 8.48. The van der Waals surface area contributed by atoms with Crippen molar-refractivity contribution in [3.63, 3.8) is 0 Å². The van der Waals surface area contributed by atoms with Crippen LogP contribution >= 0.6 is 11.3 Å². The summed E-state index contributed by atoms with van der Waals surface area (Å²) < 4.78 is 0. The van der Waals surface area contributed by atoms with Gasteiger partial charge in [-0.05, 0) is 32.6 Å². The average molecular weight is 322 g/mol. The minimum Gasteiger partial charge on any atom is -0.396 e. The van der Waals surface area contributed by atoms with Crippen molar-refractivity contribution in [3.8, 4) is 0 Å². The second-order valence-corrected chi connectivity index (χ2v) is 8.19. The summed E-state index contributed by atoms with van der Waals surface area (Å²) >= 11 is 1.54. The van der Waals surface area contributed by atoms with Crippen LogP contribution in [0.2, 0.25) is 0 Å². The van der Waals surface area contributed by atoms with Gasteiger partial charge in [-0.1, -0.05) is 20.8 Å². The zero-order chi connectivity index (χ0) is 16.1. The van der Waals surface area contributed by atoms with Gasteiger partial charge in [0.15, 0.2) is 0 Å². The minimum atomic E-state index is -0.0853. The molecule has 1 aromatic rings. The van der Waals surface area contributed by atoms with E-state index in [0.717, 1.165) is 41.3 Å². The normalized spacial score (nSPS) is 30.5. The van der Waals surface area contributed by atoms with E-state index < -0.39 is 0 Å². The van der Waals surface area contributed by atoms with Crippen molar-refractivity contribution in [2.45, 2.75) is 71.4 Å². The molecule has 0 aromatic carbocycles. The van der Waals surface area contributed by atoms with Gasteiger partial charge >= 0.3 is 0 Å². The van der Waals surface area contributed by atoms with Crippen LogP contribution in [0.3, 0.4) is 0 Å². The molecule has 5 heteroatoms. The van der Waals surface area contributed by atoms with Crippen LogP contribution in [0.1, 0.15) is 72.7 Å². The third-order valence-corrected chi connectivity index (χ3v) is 7.05. The predicted molar refractivity (Wildman–Crippen MR) is 88.3 cm³/mol. The molecule has 3 atom stereocenters. The van der Waals surface area contributed by atoms with Crippen LogP contribution in [0.5, 0.6) is 0 Å². The van der Waals surface area contributed by atoms with Crippen LogP contribution in [0.15, 0.2) is 0 Å². The van der Waals surface area contributed by atoms with Crippen LogP contribution in [0, 0.1) is 12.3 Å². The minimum absolute atomic E-state index is 0.0853. The van der Waals surface area contributed by atoms with E-state index in [-0.39, 0.29) is 24.0 Å². The van der Waals surface area contributed by atoms with Crippen LogP contribution < -0.4 is 0 Å². The van der Waals surface area contributed by atoms with Crippen LogP contribution in [0.4, 0.5) is 0 Å². The molecule has 2 fully saturated rings. The molecule has 0 saturated carbocycles. The Kier molecular flexibility index (Phi) is 4.06. The number of hydrogen-bond acceptors (Lipinski definition) is 4. The maximum Gasteiger partial charge on any atom is 0.266 e. The third-order valence-electron chi connectivity index (χ3n) is 5.61. The first kappa shape index (κ1) is 15.9. The van der Waals surface area contributed by atoms with Gasteiger partial charge in [-0.3, -0.25) is 4.79 Å². The van der Waals surface area contributed by atoms with Gasteiger partial charge in [0.2, 0.25) is 0 Å². The number of aliphatic hydroxyl groups excluding tert-OH is 1. The van der Waals surface area contributed by atoms with Gasteiger partial charge in [0.05, 0.1) is 17.3 Å². The molecule has 2 saturated heterocycles. The van der Waals surface area contributed by atoms with E-state index in [0.29, 0.717) is 12.0 Å². The summed E-state index contributed by atoms with van der Waals surface area (Å²) in [6, 6.07) is 0.498. The Labute approximate surface area is 136 Å². The predicted octanol–water partition coefficient (Wildman–Crippen LogP) is 3.34. The summed E-state index contributed by atoms with van der Waals surface area (Å²) in [4.78, 5) is 20.5. The highest BCUT2D eigenvalue weighted by Crippen LogP contribution is 2.52. The van der Waals surface area contributed by atoms with E-state index in [4.69, 9.17) is 0 Å². The van der Waals surface area contributed by atoms with Crippen molar-refractivity contribution in [2.75, 3.05) is 6.61 Å². The fraction of sp³-hybridized carbons (Fsp3) is 0.765. The van der Waals surface area contributed by atoms with Crippen molar-refractivity contribution in [1.29, 1.82) is 0 Å². The molecule has 0 spiro atoms. The van der Waals surface area contributed by atoms with Crippen molar-refractivity contribution in [2.24, 2.45) is 5.41 Å². The summed E-state index contributed by atoms with van der Waals surface area (Å²) in [5.41, 5.74) is 0.772. The molecule has 2 aliphatic heterocycles. The molecular formula is C17H26N2O2S. The number of aromatic nitrogens is 1. The summed E-state index contributed by atoms with van der Waals surface area (Å²) in [5.74, 6) is 0.492. The standard InChI is InChI=1S/C17H26N2O2S/c1-5-17(9-20)8-12-6-7-13(17)19(12)16(21)14-11(4)18-15(22-14)10(2)3/h10,12-13,20H,5-9H2,1-4H3/t12-,13+,17-/m0/s1. The largest absolute Gasteiger partial charge is 0.396 e. The van der Waals surface area contributed by atoms with E-state index in [1.807, 2.05) is 6.92 Å². The van der Waals surface area contributed by atoms with Gasteiger partial charge in [-0.25, -0.2) is 4.98 Å². The molecule has 1 amide bonds. The first-order valence-corrected chi connectivity index (χ1v) is 9.16. The fourth-order valence-corrected chi connectivity index (χ4v) is 5.25. The van der Waals surface area contributed by atoms with Crippen LogP contribution in [-0.2, 0) is 0 Å². The Bertz CT molecular complexity index is 577. The van der Waals surface area contributed by atoms with Gasteiger partial charge in [0.25, 0.3) is 5.91 Å². The highest BCUT2D eigenvalue weighted by molar-refractivity contribution is 7.13. The number of nitrogens with zero attached hydrogens (tertiary/aromatic N) is 2. The molecule has 2 aliphatic rings. The third kappa shape index (κ3) is 2.21. The molecule has 1 aromatic heterocycles. The number of aliphatic hydroxyl groups is 1. The van der Waals surface area contributed by atoms with Gasteiger partial charge < -0.3 is 10.0 Å². The Hall–Kier alpha value is -0.940. The number of fused-ring (bicyclic) bond motifs is 2. The van der Waals surface area contributed by atoms with E-state index in [9.17, 15) is 9.90 Å². The number of carbonyl (C=O) groups is 1. The maximum atomic E-state index is 13.1. The number of rotatable bonds is 4. The number of carbonyl (C=O) groups excluding carboxylic acids is 1. The van der Waals surface area contributed by atoms with Crippen molar-refractivity contribution >= 4 is 17.2 Å². The molecule has 0 radical (unpaired) electrons. The Balaban J connectivity index is 1.90. The highest BCUT2D eigenvalue weighted by Gasteiger charge is 2.56. The first-order chi connectivity index (χ1) is 10.4. The molecule has 1 N–H and O–H groups in total. The monoisotopic (exact) mass is 322 g/mol. The molecule has 3 rings (SSSR count). The van der Waals surface area contributed by atoms with Gasteiger partial charge in [0.1, 0.15) is 4.88 Å². The summed E-state index contributed by atoms with van der Waals surface area (Å²) in [5, 5.41) is 10.9. The zero-order valence-corrected chi connectivity index (χ0v) is 14.7. The highest BCUT2D eigenvalue weighted by atomic mass is 32.1. The first-order valence-electron chi connectivity index (χ1n) is 8.34. The number of thiazole rings is 1. The van der Waals surface area contributed by atoms with Crippen molar-refractivity contribution in [3.05, 3.63) is 15.6 Å². The van der Waals surface area contributed by atoms with E-state index in [2.05, 4.69) is 30.7 Å². The Morgan fingerprint density at radius 1 is 1.50 bits per heavy atom. The molecule has 22 heavy (non-hydrogen) atoms. The SMILES string of the molecule is CC[C@@]1(CO)C[C@@H]2CC[C@H]1N2C(=O)c1sc(C(C)C)nc1C. The molecular weight excluding hydrogens is 296 g/mol. The van der Waals surface area contributed by atoms with Gasteiger partial charge in [-0.2, -0.15) is 0 Å². The second-order valence-electron chi connectivity index (χ2n) is 7.16. The lowest BCUT2D eigenvalue weighted by Gasteiger charge is -2.34. The number of aryl methyl sites for hydroxylation is 1. The molecule has 2 bridgehead atoms. The lowest BCUT2D eigenvalue weighted by molar-refractivity contribution is 0.0560. The van der Waals surface area contributed by atoms with Gasteiger partial charge in [-0.15, -0.1) is 11.3 Å². The van der Waals surface area contributed by atoms with E-state index in [1.54, 1.807) is 11.3 Å². The number of hydrogen-bond donors (Lipinski definition) is 1. The Morgan fingerprint density at radius 3 is 2.73 bits per heavy atom. The quantitative estimate of drug-likeness (QED) is 0.925. The molecule has 4 nitrogen and oxygen atoms in total. The lowest BCUT2D eigenvalue weighted by atomic mass is 9.72. The second kappa shape index (κ2) is 5.60. The summed E-state index contributed by atoms with van der Waals surface area (Å²) in [6.07, 6.45) is 3.99. The van der Waals surface area contributed by atoms with E-state index >= 15 is 0 Å². The maximum absolute atomic E-state index is 13.1. The molecule has 0 unspecified atom stereocenters. The topological polar surface area (TPSA) is 53.4 Å². The molecule has 122 valence electrons. The van der Waals surface area contributed by atoms with Crippen LogP contribution in [0.25, 0.3) is 0 Å². The molecule has 3 heterocycles. The van der Waals surface area contributed by atoms with Crippen molar-refractivity contribution in [1.82, 2.24) is 9.88 Å².